The largest absolute Gasteiger partial charge is 0.462 e. The second-order valence-corrected chi connectivity index (χ2v) is 16.8. The number of esters is 2. The molecule has 5 rings (SSSR count). The molecule has 3 fully saturated rings. The molecule has 0 saturated carbocycles. The van der Waals surface area contributed by atoms with E-state index >= 15 is 0 Å². The number of aliphatic hydroxyl groups excluding tert-OH is 1. The Morgan fingerprint density at radius 3 is 2.57 bits per heavy atom. The van der Waals surface area contributed by atoms with E-state index in [0.29, 0.717) is 48.7 Å². The molecular weight excluding hydrogens is 624 g/mol. The highest BCUT2D eigenvalue weighted by Gasteiger charge is 2.60. The van der Waals surface area contributed by atoms with Gasteiger partial charge in [-0.15, -0.1) is 0 Å². The molecule has 9 nitrogen and oxygen atoms in total. The molecular formula is C40H60O9. The summed E-state index contributed by atoms with van der Waals surface area (Å²) in [6, 6.07) is 0. The Balaban J connectivity index is 1.55. The summed E-state index contributed by atoms with van der Waals surface area (Å²) in [4.78, 5) is 27.3. The molecule has 2 bridgehead atoms. The summed E-state index contributed by atoms with van der Waals surface area (Å²) in [6.45, 7) is 18.4. The van der Waals surface area contributed by atoms with E-state index in [0.717, 1.165) is 18.4 Å². The zero-order valence-corrected chi connectivity index (χ0v) is 31.1. The first-order valence-electron chi connectivity index (χ1n) is 18.5. The van der Waals surface area contributed by atoms with Crippen LogP contribution in [-0.2, 0) is 33.3 Å². The molecule has 5 aliphatic rings. The number of fused-ring (bicyclic) bond motifs is 2. The standard InChI is InChI=1S/C40H60O9/c1-10-23(2)35-26(5)16-17-39(49-35)20-30-19-29(48-39)15-14-25(4)34(47-32(41)21-38(7,8)9)24(3)12-11-13-28-22-45-36-33(42)27(6)18-31(37(43)46-30)40(28,36)44/h11-14,18,23-24,26,29-31,33-36,42,44H,10,15-17,19-22H2,1-9H3/b12-11+,25-14+,28-13+/t23?,24-,26-,29+,30-,31-,33+,34-,35+,36+,39?,40+/m0/s1. The fraction of sp³-hybridized carbons (Fsp3) is 0.750. The molecule has 2 N–H and O–H groups in total. The summed E-state index contributed by atoms with van der Waals surface area (Å²) in [5.41, 5.74) is -0.0749. The molecule has 0 aromatic rings. The van der Waals surface area contributed by atoms with Gasteiger partial charge in [-0.05, 0) is 60.7 Å². The molecule has 12 atom stereocenters. The van der Waals surface area contributed by atoms with Crippen molar-refractivity contribution >= 4 is 11.9 Å². The van der Waals surface area contributed by atoms with Crippen molar-refractivity contribution in [1.29, 1.82) is 0 Å². The molecule has 4 aliphatic heterocycles. The third kappa shape index (κ3) is 8.12. The minimum atomic E-state index is -1.80. The van der Waals surface area contributed by atoms with Crippen molar-refractivity contribution in [1.82, 2.24) is 0 Å². The van der Waals surface area contributed by atoms with Crippen molar-refractivity contribution < 1.29 is 43.5 Å². The molecule has 2 unspecified atom stereocenters. The van der Waals surface area contributed by atoms with E-state index in [1.54, 1.807) is 19.1 Å². The molecule has 274 valence electrons. The van der Waals surface area contributed by atoms with Gasteiger partial charge in [0.1, 0.15) is 35.9 Å². The van der Waals surface area contributed by atoms with E-state index < -0.39 is 47.7 Å². The smallest absolute Gasteiger partial charge is 0.316 e. The second-order valence-electron chi connectivity index (χ2n) is 16.8. The van der Waals surface area contributed by atoms with E-state index in [4.69, 9.17) is 23.7 Å². The van der Waals surface area contributed by atoms with Gasteiger partial charge >= 0.3 is 11.9 Å². The van der Waals surface area contributed by atoms with Gasteiger partial charge in [-0.2, -0.15) is 0 Å². The van der Waals surface area contributed by atoms with E-state index in [-0.39, 0.29) is 42.5 Å². The Bertz CT molecular complexity index is 1350. The summed E-state index contributed by atoms with van der Waals surface area (Å²) in [5, 5.41) is 23.4. The Morgan fingerprint density at radius 2 is 1.88 bits per heavy atom. The second kappa shape index (κ2) is 14.7. The first-order chi connectivity index (χ1) is 23.0. The van der Waals surface area contributed by atoms with Crippen molar-refractivity contribution in [2.45, 2.75) is 155 Å². The molecule has 4 heterocycles. The fourth-order valence-corrected chi connectivity index (χ4v) is 8.36. The zero-order valence-electron chi connectivity index (χ0n) is 31.1. The summed E-state index contributed by atoms with van der Waals surface area (Å²) in [6.07, 6.45) is 10.0. The van der Waals surface area contributed by atoms with Crippen LogP contribution in [-0.4, -0.2) is 76.8 Å². The van der Waals surface area contributed by atoms with Crippen LogP contribution >= 0.6 is 0 Å². The van der Waals surface area contributed by atoms with Gasteiger partial charge in [0.15, 0.2) is 5.79 Å². The van der Waals surface area contributed by atoms with Gasteiger partial charge in [-0.3, -0.25) is 9.59 Å². The maximum Gasteiger partial charge on any atom is 0.316 e. The van der Waals surface area contributed by atoms with Crippen molar-refractivity contribution in [3.8, 4) is 0 Å². The molecule has 0 amide bonds. The van der Waals surface area contributed by atoms with Crippen molar-refractivity contribution in [3.63, 3.8) is 0 Å². The van der Waals surface area contributed by atoms with E-state index in [9.17, 15) is 19.8 Å². The van der Waals surface area contributed by atoms with Crippen LogP contribution in [0.4, 0.5) is 0 Å². The molecule has 0 aromatic carbocycles. The van der Waals surface area contributed by atoms with Gasteiger partial charge in [0.2, 0.25) is 0 Å². The van der Waals surface area contributed by atoms with Crippen molar-refractivity contribution in [2.75, 3.05) is 6.61 Å². The van der Waals surface area contributed by atoms with Crippen LogP contribution < -0.4 is 0 Å². The van der Waals surface area contributed by atoms with Crippen LogP contribution in [0, 0.1) is 29.1 Å². The lowest BCUT2D eigenvalue weighted by Gasteiger charge is -2.51. The summed E-state index contributed by atoms with van der Waals surface area (Å²) >= 11 is 0. The van der Waals surface area contributed by atoms with Crippen molar-refractivity contribution in [2.24, 2.45) is 29.1 Å². The Kier molecular flexibility index (Phi) is 11.4. The number of hydrogen-bond acceptors (Lipinski definition) is 9. The highest BCUT2D eigenvalue weighted by atomic mass is 16.7. The lowest BCUT2D eigenvalue weighted by molar-refractivity contribution is -0.340. The molecule has 1 spiro atoms. The first kappa shape index (κ1) is 37.9. The molecule has 0 radical (unpaired) electrons. The summed E-state index contributed by atoms with van der Waals surface area (Å²) in [7, 11) is 0. The third-order valence-electron chi connectivity index (χ3n) is 11.4. The fourth-order valence-electron chi connectivity index (χ4n) is 8.36. The predicted octanol–water partition coefficient (Wildman–Crippen LogP) is 6.52. The summed E-state index contributed by atoms with van der Waals surface area (Å²) in [5.74, 6) is -2.30. The average Bonchev–Trinajstić information content (AvgIpc) is 3.36. The molecule has 9 heteroatoms. The van der Waals surface area contributed by atoms with E-state index in [2.05, 4.69) is 26.8 Å². The average molecular weight is 685 g/mol. The highest BCUT2D eigenvalue weighted by molar-refractivity contribution is 5.78. The lowest BCUT2D eigenvalue weighted by Crippen LogP contribution is -2.58. The topological polar surface area (TPSA) is 121 Å². The third-order valence-corrected chi connectivity index (χ3v) is 11.4. The van der Waals surface area contributed by atoms with Gasteiger partial charge in [-0.25, -0.2) is 0 Å². The number of hydrogen-bond donors (Lipinski definition) is 2. The number of rotatable bonds is 4. The van der Waals surface area contributed by atoms with Gasteiger partial charge in [0.05, 0.1) is 25.2 Å². The SMILES string of the molecule is CCC(C)[C@H]1OC2(CC[C@@H]1C)C[C@@H]1C[C@@H](C/C=C(\C)[C@@H](OC(=O)CC(C)(C)C)[C@@H](C)/C=C/C=C3\CO[C@@H]4[C@H](O)C(C)=C[C@@H](C(=O)O1)[C@]34O)O2. The molecule has 0 aromatic heterocycles. The molecule has 49 heavy (non-hydrogen) atoms. The summed E-state index contributed by atoms with van der Waals surface area (Å²) < 4.78 is 32.2. The van der Waals surface area contributed by atoms with Gasteiger partial charge in [0.25, 0.3) is 0 Å². The van der Waals surface area contributed by atoms with Crippen LogP contribution in [0.1, 0.15) is 107 Å². The minimum absolute atomic E-state index is 0.0125. The van der Waals surface area contributed by atoms with Crippen LogP contribution in [0.3, 0.4) is 0 Å². The Morgan fingerprint density at radius 1 is 1.14 bits per heavy atom. The predicted molar refractivity (Wildman–Crippen MR) is 186 cm³/mol. The zero-order chi connectivity index (χ0) is 35.9. The minimum Gasteiger partial charge on any atom is -0.462 e. The van der Waals surface area contributed by atoms with Crippen LogP contribution in [0.2, 0.25) is 0 Å². The van der Waals surface area contributed by atoms with Crippen molar-refractivity contribution in [3.05, 3.63) is 47.1 Å². The number of carbonyl (C=O) groups excluding carboxylic acids is 2. The number of ether oxygens (including phenoxy) is 5. The quantitative estimate of drug-likeness (QED) is 0.252. The highest BCUT2D eigenvalue weighted by Crippen LogP contribution is 2.48. The maximum atomic E-state index is 14.2. The number of carbonyl (C=O) groups is 2. The number of aliphatic hydroxyl groups is 2. The van der Waals surface area contributed by atoms with E-state index in [1.807, 2.05) is 46.8 Å². The van der Waals surface area contributed by atoms with Crippen LogP contribution in [0.5, 0.6) is 0 Å². The first-order valence-corrected chi connectivity index (χ1v) is 18.5. The monoisotopic (exact) mass is 684 g/mol. The van der Waals surface area contributed by atoms with Gasteiger partial charge in [0, 0.05) is 25.2 Å². The maximum absolute atomic E-state index is 14.2. The Hall–Kier alpha value is -2.30. The van der Waals surface area contributed by atoms with Crippen LogP contribution in [0.15, 0.2) is 47.1 Å². The normalized spacial score (nSPS) is 43.6. The Labute approximate surface area is 293 Å². The lowest BCUT2D eigenvalue weighted by atomic mass is 9.71. The van der Waals surface area contributed by atoms with Crippen LogP contribution in [0.25, 0.3) is 0 Å². The molecule has 3 saturated heterocycles. The van der Waals surface area contributed by atoms with E-state index in [1.165, 1.54) is 0 Å². The van der Waals surface area contributed by atoms with Gasteiger partial charge < -0.3 is 33.9 Å². The number of allylic oxidation sites excluding steroid dienone is 2. The van der Waals surface area contributed by atoms with Gasteiger partial charge in [-0.1, -0.05) is 85.3 Å². The molecule has 1 aliphatic carbocycles.